The first kappa shape index (κ1) is 15.9. The predicted molar refractivity (Wildman–Crippen MR) is 86.8 cm³/mol. The number of halogens is 1. The Hall–Kier alpha value is -1.46. The number of benzene rings is 1. The maximum absolute atomic E-state index is 11.8. The highest BCUT2D eigenvalue weighted by molar-refractivity contribution is 7.98. The maximum atomic E-state index is 11.8. The van der Waals surface area contributed by atoms with Crippen LogP contribution < -0.4 is 5.32 Å². The van der Waals surface area contributed by atoms with Crippen LogP contribution in [0.25, 0.3) is 0 Å². The van der Waals surface area contributed by atoms with Crippen LogP contribution in [-0.2, 0) is 10.5 Å². The zero-order chi connectivity index (χ0) is 15.2. The van der Waals surface area contributed by atoms with Gasteiger partial charge < -0.3 is 9.84 Å². The Kier molecular flexibility index (Phi) is 5.70. The molecular formula is C15H17ClN2O2S. The zero-order valence-corrected chi connectivity index (χ0v) is 13.6. The molecule has 2 rings (SSSR count). The van der Waals surface area contributed by atoms with Crippen LogP contribution in [0, 0.1) is 13.8 Å². The molecule has 0 saturated carbocycles. The van der Waals surface area contributed by atoms with Crippen molar-refractivity contribution in [3.8, 4) is 0 Å². The lowest BCUT2D eigenvalue weighted by atomic mass is 10.2. The second kappa shape index (κ2) is 7.52. The third kappa shape index (κ3) is 4.79. The van der Waals surface area contributed by atoms with E-state index in [-0.39, 0.29) is 5.91 Å². The number of thioether (sulfide) groups is 1. The molecule has 0 fully saturated rings. The van der Waals surface area contributed by atoms with Gasteiger partial charge in [0.05, 0.1) is 5.69 Å². The fourth-order valence-corrected chi connectivity index (χ4v) is 3.12. The van der Waals surface area contributed by atoms with Crippen LogP contribution in [0.15, 0.2) is 28.8 Å². The molecule has 0 aliphatic heterocycles. The molecule has 0 aliphatic rings. The first-order valence-electron chi connectivity index (χ1n) is 6.61. The van der Waals surface area contributed by atoms with Crippen molar-refractivity contribution in [3.05, 3.63) is 46.3 Å². The number of nitrogens with one attached hydrogen (secondary N) is 1. The number of carbonyl (C=O) groups is 1. The summed E-state index contributed by atoms with van der Waals surface area (Å²) in [5.74, 6) is 2.40. The number of carbonyl (C=O) groups excluding carboxylic acids is 1. The Morgan fingerprint density at radius 1 is 1.43 bits per heavy atom. The second-order valence-corrected chi connectivity index (χ2v) is 6.21. The molecule has 1 heterocycles. The minimum atomic E-state index is -0.0106. The van der Waals surface area contributed by atoms with Crippen LogP contribution in [0.4, 0.5) is 5.69 Å². The van der Waals surface area contributed by atoms with Crippen LogP contribution in [-0.4, -0.2) is 16.8 Å². The Morgan fingerprint density at radius 3 is 2.90 bits per heavy atom. The van der Waals surface area contributed by atoms with Gasteiger partial charge in [0.2, 0.25) is 5.91 Å². The molecule has 0 bridgehead atoms. The van der Waals surface area contributed by atoms with E-state index in [1.807, 2.05) is 26.0 Å². The van der Waals surface area contributed by atoms with Crippen molar-refractivity contribution in [1.29, 1.82) is 0 Å². The molecule has 21 heavy (non-hydrogen) atoms. The molecule has 2 aromatic rings. The third-order valence-electron chi connectivity index (χ3n) is 3.01. The minimum absolute atomic E-state index is 0.0106. The van der Waals surface area contributed by atoms with Gasteiger partial charge in [0.15, 0.2) is 0 Å². The Bertz CT molecular complexity index is 608. The van der Waals surface area contributed by atoms with E-state index in [9.17, 15) is 4.79 Å². The Labute approximate surface area is 133 Å². The third-order valence-corrected chi connectivity index (χ3v) is 4.23. The second-order valence-electron chi connectivity index (χ2n) is 4.66. The van der Waals surface area contributed by atoms with Gasteiger partial charge in [-0.3, -0.25) is 4.79 Å². The van der Waals surface area contributed by atoms with Gasteiger partial charge in [-0.15, -0.1) is 0 Å². The number of rotatable bonds is 6. The highest BCUT2D eigenvalue weighted by Gasteiger charge is 2.09. The fraction of sp³-hybridized carbons (Fsp3) is 0.333. The van der Waals surface area contributed by atoms with Crippen molar-refractivity contribution >= 4 is 35.0 Å². The lowest BCUT2D eigenvalue weighted by Crippen LogP contribution is -2.12. The first-order valence-corrected chi connectivity index (χ1v) is 8.14. The van der Waals surface area contributed by atoms with Crippen molar-refractivity contribution in [2.24, 2.45) is 0 Å². The van der Waals surface area contributed by atoms with Gasteiger partial charge in [0, 0.05) is 34.2 Å². The van der Waals surface area contributed by atoms with Crippen LogP contribution in [0.2, 0.25) is 5.02 Å². The molecule has 1 aromatic carbocycles. The SMILES string of the molecule is Cc1noc(C)c1CSCCC(=O)Nc1cccc(Cl)c1. The van der Waals surface area contributed by atoms with Crippen molar-refractivity contribution in [2.75, 3.05) is 11.1 Å². The summed E-state index contributed by atoms with van der Waals surface area (Å²) in [5.41, 5.74) is 2.77. The number of aromatic nitrogens is 1. The van der Waals surface area contributed by atoms with Gasteiger partial charge in [-0.05, 0) is 32.0 Å². The van der Waals surface area contributed by atoms with Gasteiger partial charge in [0.1, 0.15) is 5.76 Å². The summed E-state index contributed by atoms with van der Waals surface area (Å²) in [6, 6.07) is 7.14. The number of hydrogen-bond donors (Lipinski definition) is 1. The summed E-state index contributed by atoms with van der Waals surface area (Å²) in [6.45, 7) is 3.83. The number of nitrogens with zero attached hydrogens (tertiary/aromatic N) is 1. The first-order chi connectivity index (χ1) is 10.1. The number of amides is 1. The van der Waals surface area contributed by atoms with E-state index < -0.39 is 0 Å². The number of aryl methyl sites for hydroxylation is 2. The van der Waals surface area contributed by atoms with Gasteiger partial charge in [-0.25, -0.2) is 0 Å². The molecule has 1 aromatic heterocycles. The number of hydrogen-bond acceptors (Lipinski definition) is 4. The normalized spacial score (nSPS) is 10.6. The smallest absolute Gasteiger partial charge is 0.225 e. The maximum Gasteiger partial charge on any atom is 0.225 e. The average Bonchev–Trinajstić information content (AvgIpc) is 2.75. The quantitative estimate of drug-likeness (QED) is 0.809. The number of anilines is 1. The lowest BCUT2D eigenvalue weighted by Gasteiger charge is -2.05. The molecule has 0 radical (unpaired) electrons. The molecule has 1 N–H and O–H groups in total. The fourth-order valence-electron chi connectivity index (χ4n) is 1.84. The summed E-state index contributed by atoms with van der Waals surface area (Å²) < 4.78 is 5.11. The molecule has 0 saturated heterocycles. The van der Waals surface area contributed by atoms with Crippen molar-refractivity contribution in [3.63, 3.8) is 0 Å². The highest BCUT2D eigenvalue weighted by Crippen LogP contribution is 2.20. The van der Waals surface area contributed by atoms with Crippen molar-refractivity contribution < 1.29 is 9.32 Å². The van der Waals surface area contributed by atoms with Gasteiger partial charge in [-0.1, -0.05) is 22.8 Å². The van der Waals surface area contributed by atoms with E-state index in [2.05, 4.69) is 10.5 Å². The summed E-state index contributed by atoms with van der Waals surface area (Å²) in [6.07, 6.45) is 0.459. The van der Waals surface area contributed by atoms with E-state index in [1.54, 1.807) is 23.9 Å². The van der Waals surface area contributed by atoms with E-state index >= 15 is 0 Å². The molecule has 0 atom stereocenters. The topological polar surface area (TPSA) is 55.1 Å². The molecule has 4 nitrogen and oxygen atoms in total. The van der Waals surface area contributed by atoms with Crippen LogP contribution in [0.3, 0.4) is 0 Å². The Balaban J connectivity index is 1.72. The Morgan fingerprint density at radius 2 is 2.24 bits per heavy atom. The molecule has 112 valence electrons. The van der Waals surface area contributed by atoms with E-state index in [4.69, 9.17) is 16.1 Å². The van der Waals surface area contributed by atoms with E-state index in [0.717, 1.165) is 34.2 Å². The molecule has 0 spiro atoms. The molecule has 0 unspecified atom stereocenters. The minimum Gasteiger partial charge on any atom is -0.361 e. The van der Waals surface area contributed by atoms with Crippen LogP contribution in [0.1, 0.15) is 23.4 Å². The summed E-state index contributed by atoms with van der Waals surface area (Å²) in [4.78, 5) is 11.8. The predicted octanol–water partition coefficient (Wildman–Crippen LogP) is 4.21. The zero-order valence-electron chi connectivity index (χ0n) is 12.0. The monoisotopic (exact) mass is 324 g/mol. The highest BCUT2D eigenvalue weighted by atomic mass is 35.5. The molecule has 0 aliphatic carbocycles. The standard InChI is InChI=1S/C15H17ClN2O2S/c1-10-14(11(2)20-18-10)9-21-7-6-15(19)17-13-5-3-4-12(16)8-13/h3-5,8H,6-7,9H2,1-2H3,(H,17,19). The summed E-state index contributed by atoms with van der Waals surface area (Å²) in [5, 5.41) is 7.36. The average molecular weight is 325 g/mol. The molecule has 6 heteroatoms. The van der Waals surface area contributed by atoms with Crippen LogP contribution in [0.5, 0.6) is 0 Å². The van der Waals surface area contributed by atoms with Crippen molar-refractivity contribution in [1.82, 2.24) is 5.16 Å². The van der Waals surface area contributed by atoms with E-state index in [0.29, 0.717) is 11.4 Å². The van der Waals surface area contributed by atoms with Crippen LogP contribution >= 0.6 is 23.4 Å². The van der Waals surface area contributed by atoms with Gasteiger partial charge in [-0.2, -0.15) is 11.8 Å². The van der Waals surface area contributed by atoms with Gasteiger partial charge >= 0.3 is 0 Å². The lowest BCUT2D eigenvalue weighted by molar-refractivity contribution is -0.115. The van der Waals surface area contributed by atoms with E-state index in [1.165, 1.54) is 0 Å². The molecular weight excluding hydrogens is 308 g/mol. The van der Waals surface area contributed by atoms with Gasteiger partial charge in [0.25, 0.3) is 0 Å². The molecule has 1 amide bonds. The summed E-state index contributed by atoms with van der Waals surface area (Å²) >= 11 is 7.57. The van der Waals surface area contributed by atoms with Crippen molar-refractivity contribution in [2.45, 2.75) is 26.0 Å². The summed E-state index contributed by atoms with van der Waals surface area (Å²) in [7, 11) is 0. The largest absolute Gasteiger partial charge is 0.361 e.